The second-order valence-corrected chi connectivity index (χ2v) is 9.57. The minimum atomic E-state index is -5.08. The van der Waals surface area contributed by atoms with Gasteiger partial charge in [-0.1, -0.05) is 0 Å². The molecule has 1 unspecified atom stereocenters. The molecule has 2 aliphatic heterocycles. The monoisotopic (exact) mass is 549 g/mol. The lowest BCUT2D eigenvalue weighted by atomic mass is 9.93. The number of likely N-dealkylation sites (tertiary alicyclic amines) is 1. The highest BCUT2D eigenvalue weighted by Gasteiger charge is 2.50. The Hall–Kier alpha value is -2.59. The molecule has 204 valence electrons. The molecule has 1 amide bonds. The van der Waals surface area contributed by atoms with Gasteiger partial charge in [-0.25, -0.2) is 9.59 Å². The van der Waals surface area contributed by atoms with Crippen molar-refractivity contribution in [2.75, 3.05) is 39.5 Å². The zero-order valence-corrected chi connectivity index (χ0v) is 20.0. The fourth-order valence-corrected chi connectivity index (χ4v) is 4.57. The SMILES string of the molecule is CN(C)CC(=O)N1CC2(CC(OCc3ccncc3)CS2)C1.O=C(O)C(F)(F)F.O=C(O)C(F)(F)F. The van der Waals surface area contributed by atoms with Crippen molar-refractivity contribution in [3.63, 3.8) is 0 Å². The van der Waals surface area contributed by atoms with Gasteiger partial charge in [-0.15, -0.1) is 11.8 Å². The number of ether oxygens (including phenoxy) is 1. The zero-order valence-electron chi connectivity index (χ0n) is 19.2. The number of hydrogen-bond donors (Lipinski definition) is 2. The number of carbonyl (C=O) groups is 3. The summed E-state index contributed by atoms with van der Waals surface area (Å²) in [5.41, 5.74) is 1.16. The van der Waals surface area contributed by atoms with E-state index in [0.717, 1.165) is 30.8 Å². The van der Waals surface area contributed by atoms with Crippen molar-refractivity contribution < 1.29 is 55.7 Å². The second-order valence-electron chi connectivity index (χ2n) is 8.08. The molecule has 2 fully saturated rings. The molecule has 0 bridgehead atoms. The third-order valence-electron chi connectivity index (χ3n) is 4.66. The van der Waals surface area contributed by atoms with E-state index in [4.69, 9.17) is 24.5 Å². The summed E-state index contributed by atoms with van der Waals surface area (Å²) < 4.78 is 69.7. The third-order valence-corrected chi connectivity index (χ3v) is 6.23. The number of amides is 1. The molecule has 16 heteroatoms. The van der Waals surface area contributed by atoms with Gasteiger partial charge >= 0.3 is 24.3 Å². The number of aromatic nitrogens is 1. The first-order valence-electron chi connectivity index (χ1n) is 10.1. The Morgan fingerprint density at radius 2 is 1.56 bits per heavy atom. The van der Waals surface area contributed by atoms with Gasteiger partial charge in [0, 0.05) is 31.2 Å². The van der Waals surface area contributed by atoms with Crippen molar-refractivity contribution in [3.8, 4) is 0 Å². The Kier molecular flexibility index (Phi) is 11.4. The summed E-state index contributed by atoms with van der Waals surface area (Å²) in [7, 11) is 3.86. The van der Waals surface area contributed by atoms with Crippen molar-refractivity contribution in [2.45, 2.75) is 36.2 Å². The van der Waals surface area contributed by atoms with Crippen LogP contribution in [0, 0.1) is 0 Å². The number of carbonyl (C=O) groups excluding carboxylic acids is 1. The number of halogens is 6. The zero-order chi connectivity index (χ0) is 27.7. The number of alkyl halides is 6. The molecule has 0 radical (unpaired) electrons. The van der Waals surface area contributed by atoms with Gasteiger partial charge in [-0.2, -0.15) is 26.3 Å². The largest absolute Gasteiger partial charge is 0.490 e. The Morgan fingerprint density at radius 1 is 1.08 bits per heavy atom. The molecule has 3 heterocycles. The first-order chi connectivity index (χ1) is 16.4. The maximum atomic E-state index is 12.0. The first-order valence-corrected chi connectivity index (χ1v) is 11.1. The van der Waals surface area contributed by atoms with Crippen molar-refractivity contribution in [2.24, 2.45) is 0 Å². The van der Waals surface area contributed by atoms with E-state index in [2.05, 4.69) is 4.98 Å². The van der Waals surface area contributed by atoms with E-state index in [1.54, 1.807) is 12.4 Å². The normalized spacial score (nSPS) is 18.5. The maximum Gasteiger partial charge on any atom is 0.490 e. The molecule has 2 aliphatic rings. The number of nitrogens with zero attached hydrogens (tertiary/aromatic N) is 3. The van der Waals surface area contributed by atoms with E-state index in [1.807, 2.05) is 47.8 Å². The van der Waals surface area contributed by atoms with Crippen LogP contribution in [0.15, 0.2) is 24.5 Å². The molecule has 2 saturated heterocycles. The summed E-state index contributed by atoms with van der Waals surface area (Å²) in [4.78, 5) is 37.7. The average Bonchev–Trinajstić information content (AvgIpc) is 3.16. The highest BCUT2D eigenvalue weighted by atomic mass is 32.2. The predicted octanol–water partition coefficient (Wildman–Crippen LogP) is 2.51. The number of aliphatic carboxylic acids is 2. The van der Waals surface area contributed by atoms with Gasteiger partial charge in [0.2, 0.25) is 5.91 Å². The Bertz CT molecular complexity index is 855. The molecule has 1 aromatic heterocycles. The van der Waals surface area contributed by atoms with Gasteiger partial charge in [0.15, 0.2) is 0 Å². The summed E-state index contributed by atoms with van der Waals surface area (Å²) in [6.45, 7) is 2.90. The molecule has 3 rings (SSSR count). The van der Waals surface area contributed by atoms with Crippen LogP contribution in [0.2, 0.25) is 0 Å². The summed E-state index contributed by atoms with van der Waals surface area (Å²) in [6.07, 6.45) is -5.23. The van der Waals surface area contributed by atoms with Gasteiger partial charge in [0.1, 0.15) is 0 Å². The van der Waals surface area contributed by atoms with Crippen molar-refractivity contribution in [1.29, 1.82) is 0 Å². The third kappa shape index (κ3) is 11.0. The van der Waals surface area contributed by atoms with Crippen LogP contribution in [-0.4, -0.2) is 106 Å². The van der Waals surface area contributed by atoms with Gasteiger partial charge in [-0.3, -0.25) is 9.78 Å². The van der Waals surface area contributed by atoms with E-state index in [-0.39, 0.29) is 10.7 Å². The molecule has 1 spiro atoms. The van der Waals surface area contributed by atoms with Crippen LogP contribution in [0.3, 0.4) is 0 Å². The number of hydrogen-bond acceptors (Lipinski definition) is 7. The maximum absolute atomic E-state index is 12.0. The van der Waals surface area contributed by atoms with Crippen LogP contribution in [0.1, 0.15) is 12.0 Å². The van der Waals surface area contributed by atoms with E-state index in [1.165, 1.54) is 0 Å². The number of likely N-dealkylation sites (N-methyl/N-ethyl adjacent to an activating group) is 1. The summed E-state index contributed by atoms with van der Waals surface area (Å²) >= 11 is 1.97. The Morgan fingerprint density at radius 3 is 1.97 bits per heavy atom. The molecule has 0 saturated carbocycles. The van der Waals surface area contributed by atoms with Crippen LogP contribution in [0.4, 0.5) is 26.3 Å². The second kappa shape index (κ2) is 13.1. The van der Waals surface area contributed by atoms with Crippen LogP contribution >= 0.6 is 11.8 Å². The van der Waals surface area contributed by atoms with Crippen LogP contribution in [-0.2, 0) is 25.7 Å². The lowest BCUT2D eigenvalue weighted by molar-refractivity contribution is -0.193. The van der Waals surface area contributed by atoms with Gasteiger partial charge in [0.05, 0.1) is 24.0 Å². The van der Waals surface area contributed by atoms with Crippen molar-refractivity contribution >= 4 is 29.6 Å². The fraction of sp³-hybridized carbons (Fsp3) is 0.600. The highest BCUT2D eigenvalue weighted by Crippen LogP contribution is 2.46. The molecule has 1 atom stereocenters. The molecule has 9 nitrogen and oxygen atoms in total. The average molecular weight is 549 g/mol. The lowest BCUT2D eigenvalue weighted by Gasteiger charge is -2.47. The molecule has 36 heavy (non-hydrogen) atoms. The predicted molar refractivity (Wildman–Crippen MR) is 115 cm³/mol. The number of pyridine rings is 1. The summed E-state index contributed by atoms with van der Waals surface area (Å²) in [5.74, 6) is -4.25. The van der Waals surface area contributed by atoms with E-state index < -0.39 is 24.3 Å². The fourth-order valence-electron chi connectivity index (χ4n) is 3.02. The van der Waals surface area contributed by atoms with E-state index >= 15 is 0 Å². The summed E-state index contributed by atoms with van der Waals surface area (Å²) in [6, 6.07) is 3.98. The van der Waals surface area contributed by atoms with Gasteiger partial charge in [-0.05, 0) is 38.2 Å². The molecular formula is C20H25F6N3O6S. The van der Waals surface area contributed by atoms with Crippen LogP contribution in [0.5, 0.6) is 0 Å². The van der Waals surface area contributed by atoms with Crippen LogP contribution in [0.25, 0.3) is 0 Å². The minimum absolute atomic E-state index is 0.234. The van der Waals surface area contributed by atoms with E-state index in [9.17, 15) is 31.1 Å². The van der Waals surface area contributed by atoms with Gasteiger partial charge in [0.25, 0.3) is 0 Å². The Labute approximate surface area is 206 Å². The van der Waals surface area contributed by atoms with Crippen molar-refractivity contribution in [3.05, 3.63) is 30.1 Å². The smallest absolute Gasteiger partial charge is 0.475 e. The number of thioether (sulfide) groups is 1. The first kappa shape index (κ1) is 31.4. The highest BCUT2D eigenvalue weighted by molar-refractivity contribution is 8.01. The van der Waals surface area contributed by atoms with E-state index in [0.29, 0.717) is 19.3 Å². The summed E-state index contributed by atoms with van der Waals surface area (Å²) in [5, 5.41) is 14.2. The molecule has 0 aliphatic carbocycles. The number of rotatable bonds is 5. The minimum Gasteiger partial charge on any atom is -0.475 e. The van der Waals surface area contributed by atoms with Crippen molar-refractivity contribution in [1.82, 2.24) is 14.8 Å². The number of carboxylic acid groups (broad SMARTS) is 2. The number of carboxylic acids is 2. The molecule has 2 N–H and O–H groups in total. The van der Waals surface area contributed by atoms with Gasteiger partial charge < -0.3 is 24.7 Å². The molecular weight excluding hydrogens is 524 g/mol. The quantitative estimate of drug-likeness (QED) is 0.534. The lowest BCUT2D eigenvalue weighted by Crippen LogP contribution is -2.62. The van der Waals surface area contributed by atoms with Crippen LogP contribution < -0.4 is 0 Å². The molecule has 1 aromatic rings. The topological polar surface area (TPSA) is 120 Å². The molecule has 0 aromatic carbocycles. The Balaban J connectivity index is 0.000000383. The standard InChI is InChI=1S/C16H23N3O2S.2C2HF3O2/c1-18(2)8-15(20)19-11-16(12-19)7-14(10-22-16)21-9-13-3-5-17-6-4-13;2*3-2(4,5)1(6)7/h3-6,14H,7-12H2,1-2H3;2*(H,6,7).